The Morgan fingerprint density at radius 3 is 2.66 bits per heavy atom. The second-order valence-electron chi connectivity index (χ2n) is 7.01. The second-order valence-corrected chi connectivity index (χ2v) is 8.58. The lowest BCUT2D eigenvalue weighted by molar-refractivity contribution is 0.574. The van der Waals surface area contributed by atoms with Crippen molar-refractivity contribution >= 4 is 46.2 Å². The number of piperidine rings is 1. The van der Waals surface area contributed by atoms with E-state index in [4.69, 9.17) is 0 Å². The molecule has 8 heteroatoms. The highest BCUT2D eigenvalue weighted by molar-refractivity contribution is 8.00. The van der Waals surface area contributed by atoms with Gasteiger partial charge in [-0.15, -0.1) is 11.3 Å². The Hall–Kier alpha value is -2.32. The smallest absolute Gasteiger partial charge is 0.147 e. The molecule has 1 fully saturated rings. The van der Waals surface area contributed by atoms with E-state index in [0.717, 1.165) is 42.9 Å². The van der Waals surface area contributed by atoms with Gasteiger partial charge >= 0.3 is 0 Å². The molecule has 1 saturated heterocycles. The molecule has 4 nitrogen and oxygen atoms in total. The molecule has 1 aliphatic heterocycles. The van der Waals surface area contributed by atoms with Crippen molar-refractivity contribution in [2.24, 2.45) is 0 Å². The van der Waals surface area contributed by atoms with Crippen LogP contribution >= 0.6 is 23.3 Å². The zero-order chi connectivity index (χ0) is 20.2. The molecule has 2 heterocycles. The highest BCUT2D eigenvalue weighted by atomic mass is 32.2. The number of hydrogen-bond acceptors (Lipinski definition) is 6. The van der Waals surface area contributed by atoms with E-state index in [2.05, 4.69) is 19.9 Å². The summed E-state index contributed by atoms with van der Waals surface area (Å²) in [7, 11) is 0. The van der Waals surface area contributed by atoms with Gasteiger partial charge in [0.25, 0.3) is 0 Å². The summed E-state index contributed by atoms with van der Waals surface area (Å²) in [4.78, 5) is 6.83. The van der Waals surface area contributed by atoms with Crippen molar-refractivity contribution in [3.8, 4) is 0 Å². The normalized spacial score (nSPS) is 14.1. The fraction of sp³-hybridized carbons (Fsp3) is 0.286. The zero-order valence-corrected chi connectivity index (χ0v) is 17.7. The van der Waals surface area contributed by atoms with Crippen LogP contribution < -0.4 is 14.9 Å². The van der Waals surface area contributed by atoms with Crippen LogP contribution in [0.5, 0.6) is 0 Å². The Morgan fingerprint density at radius 2 is 1.90 bits per heavy atom. The number of rotatable bonds is 6. The molecular weight excluding hydrogens is 410 g/mol. The van der Waals surface area contributed by atoms with Crippen molar-refractivity contribution in [2.45, 2.75) is 31.1 Å². The molecule has 0 saturated carbocycles. The molecule has 0 spiro atoms. The molecule has 0 bridgehead atoms. The predicted octanol–water partition coefficient (Wildman–Crippen LogP) is 6.58. The number of hydrogen-bond donors (Lipinski definition) is 2. The van der Waals surface area contributed by atoms with E-state index in [1.54, 1.807) is 23.7 Å². The maximum absolute atomic E-state index is 14.7. The number of aryl methyl sites for hydroxylation is 1. The summed E-state index contributed by atoms with van der Waals surface area (Å²) in [6.07, 6.45) is 3.40. The van der Waals surface area contributed by atoms with Crippen molar-refractivity contribution in [3.63, 3.8) is 0 Å². The van der Waals surface area contributed by atoms with Gasteiger partial charge in [0.05, 0.1) is 21.8 Å². The Bertz CT molecular complexity index is 973. The highest BCUT2D eigenvalue weighted by Crippen LogP contribution is 2.35. The van der Waals surface area contributed by atoms with Crippen LogP contribution in [0.15, 0.2) is 46.1 Å². The third-order valence-corrected chi connectivity index (χ3v) is 6.33. The highest BCUT2D eigenvalue weighted by Gasteiger charge is 2.17. The molecule has 0 radical (unpaired) electrons. The molecule has 0 unspecified atom stereocenters. The van der Waals surface area contributed by atoms with E-state index in [9.17, 15) is 8.78 Å². The van der Waals surface area contributed by atoms with E-state index in [1.165, 1.54) is 41.8 Å². The van der Waals surface area contributed by atoms with Gasteiger partial charge < -0.3 is 14.9 Å². The topological polar surface area (TPSA) is 40.2 Å². The first kappa shape index (κ1) is 20.0. The Morgan fingerprint density at radius 1 is 1.07 bits per heavy atom. The fourth-order valence-electron chi connectivity index (χ4n) is 3.39. The number of anilines is 4. The number of thiazole rings is 1. The largest absolute Gasteiger partial charge is 0.370 e. The number of halogens is 2. The van der Waals surface area contributed by atoms with Crippen molar-refractivity contribution in [1.29, 1.82) is 0 Å². The summed E-state index contributed by atoms with van der Waals surface area (Å²) in [6, 6.07) is 8.00. The van der Waals surface area contributed by atoms with Gasteiger partial charge in [-0.1, -0.05) is 0 Å². The molecule has 2 aromatic carbocycles. The van der Waals surface area contributed by atoms with E-state index >= 15 is 0 Å². The summed E-state index contributed by atoms with van der Waals surface area (Å²) in [6.45, 7) is 3.74. The third-order valence-electron chi connectivity index (χ3n) is 4.90. The van der Waals surface area contributed by atoms with Gasteiger partial charge in [-0.3, -0.25) is 0 Å². The minimum atomic E-state index is -0.326. The van der Waals surface area contributed by atoms with E-state index in [-0.39, 0.29) is 11.6 Å². The van der Waals surface area contributed by atoms with Crippen molar-refractivity contribution in [2.75, 3.05) is 28.0 Å². The van der Waals surface area contributed by atoms with Crippen LogP contribution in [0.1, 0.15) is 24.8 Å². The summed E-state index contributed by atoms with van der Waals surface area (Å²) in [5.74, 6) is 0.114. The Labute approximate surface area is 177 Å². The molecule has 3 aromatic rings. The lowest BCUT2D eigenvalue weighted by atomic mass is 10.1. The standard InChI is InChI=1S/C21H22F2N4S2/c1-14-9-20(29-26-21-12-28-13-24-21)16(23)11-18(14)25-17-6-5-15(22)10-19(17)27-7-3-2-4-8-27/h5-6,9-13,25-26H,2-4,7-8H2,1H3. The molecule has 4 rings (SSSR count). The van der Waals surface area contributed by atoms with Crippen LogP contribution in [0.3, 0.4) is 0 Å². The molecular formula is C21H22F2N4S2. The molecule has 2 N–H and O–H groups in total. The van der Waals surface area contributed by atoms with Gasteiger partial charge in [-0.05, 0) is 74.0 Å². The van der Waals surface area contributed by atoms with Gasteiger partial charge in [-0.25, -0.2) is 13.8 Å². The van der Waals surface area contributed by atoms with Crippen LogP contribution in [0.4, 0.5) is 31.7 Å². The molecule has 152 valence electrons. The maximum atomic E-state index is 14.7. The quantitative estimate of drug-likeness (QED) is 0.430. The first-order valence-corrected chi connectivity index (χ1v) is 11.3. The Balaban J connectivity index is 1.55. The van der Waals surface area contributed by atoms with Crippen LogP contribution in [0.25, 0.3) is 0 Å². The van der Waals surface area contributed by atoms with Crippen molar-refractivity contribution in [3.05, 3.63) is 58.4 Å². The SMILES string of the molecule is Cc1cc(SNc2cscn2)c(F)cc1Nc1ccc(F)cc1N1CCCCC1. The van der Waals surface area contributed by atoms with E-state index < -0.39 is 0 Å². The summed E-state index contributed by atoms with van der Waals surface area (Å²) >= 11 is 2.67. The number of nitrogens with zero attached hydrogens (tertiary/aromatic N) is 2. The second kappa shape index (κ2) is 9.00. The first-order valence-electron chi connectivity index (χ1n) is 9.53. The summed E-state index contributed by atoms with van der Waals surface area (Å²) in [5.41, 5.74) is 4.92. The molecule has 29 heavy (non-hydrogen) atoms. The fourth-order valence-corrected chi connectivity index (χ4v) is 4.67. The maximum Gasteiger partial charge on any atom is 0.147 e. The van der Waals surface area contributed by atoms with Crippen LogP contribution in [0, 0.1) is 18.6 Å². The lowest BCUT2D eigenvalue weighted by Gasteiger charge is -2.31. The number of aromatic nitrogens is 1. The van der Waals surface area contributed by atoms with Gasteiger partial charge in [0, 0.05) is 24.2 Å². The molecule has 1 aromatic heterocycles. The van der Waals surface area contributed by atoms with E-state index in [1.807, 2.05) is 12.3 Å². The van der Waals surface area contributed by atoms with Crippen molar-refractivity contribution < 1.29 is 8.78 Å². The number of nitrogens with one attached hydrogen (secondary N) is 2. The summed E-state index contributed by atoms with van der Waals surface area (Å²) in [5, 5.41) is 5.18. The lowest BCUT2D eigenvalue weighted by Crippen LogP contribution is -2.30. The van der Waals surface area contributed by atoms with Gasteiger partial charge in [-0.2, -0.15) is 0 Å². The zero-order valence-electron chi connectivity index (χ0n) is 16.0. The van der Waals surface area contributed by atoms with Crippen LogP contribution in [-0.4, -0.2) is 18.1 Å². The molecule has 1 aliphatic rings. The number of benzene rings is 2. The minimum absolute atomic E-state index is 0.265. The van der Waals surface area contributed by atoms with Gasteiger partial charge in [0.2, 0.25) is 0 Å². The molecule has 0 atom stereocenters. The van der Waals surface area contributed by atoms with Crippen LogP contribution in [0.2, 0.25) is 0 Å². The average Bonchev–Trinajstić information content (AvgIpc) is 3.25. The van der Waals surface area contributed by atoms with Gasteiger partial charge in [0.15, 0.2) is 0 Å². The summed E-state index contributed by atoms with van der Waals surface area (Å²) < 4.78 is 31.6. The average molecular weight is 433 g/mol. The van der Waals surface area contributed by atoms with Crippen LogP contribution in [-0.2, 0) is 0 Å². The molecule has 0 aliphatic carbocycles. The minimum Gasteiger partial charge on any atom is -0.370 e. The predicted molar refractivity (Wildman–Crippen MR) is 118 cm³/mol. The van der Waals surface area contributed by atoms with Gasteiger partial charge in [0.1, 0.15) is 17.5 Å². The van der Waals surface area contributed by atoms with E-state index in [0.29, 0.717) is 16.4 Å². The third kappa shape index (κ3) is 4.82. The van der Waals surface area contributed by atoms with Crippen molar-refractivity contribution in [1.82, 2.24) is 4.98 Å². The monoisotopic (exact) mass is 432 g/mol. The Kier molecular flexibility index (Phi) is 6.20. The molecule has 0 amide bonds. The first-order chi connectivity index (χ1) is 14.1.